The third kappa shape index (κ3) is 4.62. The highest BCUT2D eigenvalue weighted by Crippen LogP contribution is 2.22. The van der Waals surface area contributed by atoms with Gasteiger partial charge < -0.3 is 4.90 Å². The van der Waals surface area contributed by atoms with Gasteiger partial charge in [0.2, 0.25) is 5.91 Å². The average Bonchev–Trinajstić information content (AvgIpc) is 3.26. The molecule has 1 saturated heterocycles. The van der Waals surface area contributed by atoms with Gasteiger partial charge in [0, 0.05) is 25.7 Å². The molecular formula is C22H22FN3O2S. The van der Waals surface area contributed by atoms with Gasteiger partial charge >= 0.3 is 0 Å². The summed E-state index contributed by atoms with van der Waals surface area (Å²) >= 11 is 1.58. The SMILES string of the molecule is O=C(Cc1ccccc1F)N1CCC[C@@H](Cn2nc(-c3cccs3)ccc2=O)C1. The van der Waals surface area contributed by atoms with Gasteiger partial charge in [0.1, 0.15) is 11.5 Å². The molecule has 1 aromatic carbocycles. The Balaban J connectivity index is 1.44. The highest BCUT2D eigenvalue weighted by Gasteiger charge is 2.25. The van der Waals surface area contributed by atoms with Gasteiger partial charge in [-0.05, 0) is 47.9 Å². The van der Waals surface area contributed by atoms with Crippen molar-refractivity contribution in [1.82, 2.24) is 14.7 Å². The predicted octanol–water partition coefficient (Wildman–Crippen LogP) is 3.59. The minimum absolute atomic E-state index is 0.0610. The van der Waals surface area contributed by atoms with E-state index in [-0.39, 0.29) is 29.6 Å². The lowest BCUT2D eigenvalue weighted by Gasteiger charge is -2.33. The maximum absolute atomic E-state index is 13.9. The number of hydrogen-bond donors (Lipinski definition) is 0. The molecule has 0 N–H and O–H groups in total. The summed E-state index contributed by atoms with van der Waals surface area (Å²) in [5.74, 6) is -0.278. The van der Waals surface area contributed by atoms with E-state index in [1.165, 1.54) is 10.7 Å². The fourth-order valence-electron chi connectivity index (χ4n) is 3.74. The molecule has 0 saturated carbocycles. The number of amides is 1. The van der Waals surface area contributed by atoms with Gasteiger partial charge in [-0.1, -0.05) is 24.3 Å². The molecule has 0 unspecified atom stereocenters. The van der Waals surface area contributed by atoms with Crippen LogP contribution in [0.25, 0.3) is 10.6 Å². The van der Waals surface area contributed by atoms with Crippen LogP contribution in [0.15, 0.2) is 58.7 Å². The molecule has 5 nitrogen and oxygen atoms in total. The fourth-order valence-corrected chi connectivity index (χ4v) is 4.43. The van der Waals surface area contributed by atoms with Crippen LogP contribution in [0.2, 0.25) is 0 Å². The van der Waals surface area contributed by atoms with Crippen molar-refractivity contribution < 1.29 is 9.18 Å². The Labute approximate surface area is 172 Å². The van der Waals surface area contributed by atoms with Gasteiger partial charge in [-0.2, -0.15) is 5.10 Å². The molecule has 0 bridgehead atoms. The normalized spacial score (nSPS) is 16.7. The van der Waals surface area contributed by atoms with Crippen molar-refractivity contribution in [2.45, 2.75) is 25.8 Å². The maximum Gasteiger partial charge on any atom is 0.266 e. The second-order valence-corrected chi connectivity index (χ2v) is 8.28. The Morgan fingerprint density at radius 3 is 2.83 bits per heavy atom. The molecule has 1 atom stereocenters. The summed E-state index contributed by atoms with van der Waals surface area (Å²) in [6, 6.07) is 13.6. The van der Waals surface area contributed by atoms with Crippen molar-refractivity contribution in [3.8, 4) is 10.6 Å². The molecule has 2 aromatic heterocycles. The molecule has 1 aliphatic heterocycles. The Kier molecular flexibility index (Phi) is 5.85. The van der Waals surface area contributed by atoms with Crippen LogP contribution in [0.5, 0.6) is 0 Å². The highest BCUT2D eigenvalue weighted by atomic mass is 32.1. The van der Waals surface area contributed by atoms with E-state index in [0.29, 0.717) is 25.2 Å². The number of nitrogens with zero attached hydrogens (tertiary/aromatic N) is 3. The molecule has 0 aliphatic carbocycles. The van der Waals surface area contributed by atoms with E-state index in [9.17, 15) is 14.0 Å². The van der Waals surface area contributed by atoms with Crippen LogP contribution in [0.1, 0.15) is 18.4 Å². The van der Waals surface area contributed by atoms with Gasteiger partial charge in [0.15, 0.2) is 0 Å². The van der Waals surface area contributed by atoms with Crippen molar-refractivity contribution >= 4 is 17.2 Å². The molecule has 0 radical (unpaired) electrons. The smallest absolute Gasteiger partial charge is 0.266 e. The van der Waals surface area contributed by atoms with Gasteiger partial charge in [-0.15, -0.1) is 11.3 Å². The van der Waals surface area contributed by atoms with Crippen LogP contribution in [-0.2, 0) is 17.8 Å². The van der Waals surface area contributed by atoms with Crippen LogP contribution >= 0.6 is 11.3 Å². The van der Waals surface area contributed by atoms with Crippen LogP contribution < -0.4 is 5.56 Å². The molecule has 1 amide bonds. The lowest BCUT2D eigenvalue weighted by Crippen LogP contribution is -2.43. The lowest BCUT2D eigenvalue weighted by atomic mass is 9.97. The summed E-state index contributed by atoms with van der Waals surface area (Å²) in [4.78, 5) is 27.8. The fraction of sp³-hybridized carbons (Fsp3) is 0.318. The summed E-state index contributed by atoms with van der Waals surface area (Å²) in [6.45, 7) is 1.70. The number of rotatable bonds is 5. The van der Waals surface area contributed by atoms with Crippen LogP contribution in [0.3, 0.4) is 0 Å². The van der Waals surface area contributed by atoms with Gasteiger partial charge in [-0.3, -0.25) is 9.59 Å². The van der Waals surface area contributed by atoms with Crippen LogP contribution in [0.4, 0.5) is 4.39 Å². The number of hydrogen-bond acceptors (Lipinski definition) is 4. The lowest BCUT2D eigenvalue weighted by molar-refractivity contribution is -0.132. The average molecular weight is 412 g/mol. The van der Waals surface area contributed by atoms with E-state index in [1.54, 1.807) is 46.6 Å². The first-order valence-electron chi connectivity index (χ1n) is 9.73. The number of aromatic nitrogens is 2. The molecular weight excluding hydrogens is 389 g/mol. The largest absolute Gasteiger partial charge is 0.342 e. The standard InChI is InChI=1S/C22H22FN3O2S/c23-18-7-2-1-6-17(18)13-22(28)25-11-3-5-16(14-25)15-26-21(27)10-9-19(24-26)20-8-4-12-29-20/h1-2,4,6-10,12,16H,3,5,11,13-15H2/t16-/m1/s1. The maximum atomic E-state index is 13.9. The van der Waals surface area contributed by atoms with E-state index >= 15 is 0 Å². The molecule has 29 heavy (non-hydrogen) atoms. The van der Waals surface area contributed by atoms with Gasteiger partial charge in [0.25, 0.3) is 5.56 Å². The number of piperidine rings is 1. The van der Waals surface area contributed by atoms with Crippen LogP contribution in [0, 0.1) is 11.7 Å². The summed E-state index contributed by atoms with van der Waals surface area (Å²) in [6.07, 6.45) is 1.86. The van der Waals surface area contributed by atoms with Crippen molar-refractivity contribution in [3.63, 3.8) is 0 Å². The predicted molar refractivity (Wildman–Crippen MR) is 111 cm³/mol. The Morgan fingerprint density at radius 1 is 1.17 bits per heavy atom. The van der Waals surface area contributed by atoms with E-state index in [4.69, 9.17) is 0 Å². The third-order valence-electron chi connectivity index (χ3n) is 5.24. The van der Waals surface area contributed by atoms with E-state index in [0.717, 1.165) is 23.4 Å². The molecule has 0 spiro atoms. The molecule has 150 valence electrons. The number of likely N-dealkylation sites (tertiary alicyclic amines) is 1. The zero-order valence-electron chi connectivity index (χ0n) is 16.0. The molecule has 7 heteroatoms. The Morgan fingerprint density at radius 2 is 2.03 bits per heavy atom. The second-order valence-electron chi connectivity index (χ2n) is 7.33. The monoisotopic (exact) mass is 411 g/mol. The number of thiophene rings is 1. The topological polar surface area (TPSA) is 55.2 Å². The first-order valence-corrected chi connectivity index (χ1v) is 10.6. The Bertz CT molecular complexity index is 1050. The first-order chi connectivity index (χ1) is 14.1. The number of benzene rings is 1. The summed E-state index contributed by atoms with van der Waals surface area (Å²) in [7, 11) is 0. The van der Waals surface area contributed by atoms with E-state index < -0.39 is 0 Å². The first kappa shape index (κ1) is 19.5. The number of carbonyl (C=O) groups is 1. The molecule has 3 aromatic rings. The highest BCUT2D eigenvalue weighted by molar-refractivity contribution is 7.13. The molecule has 1 aliphatic rings. The third-order valence-corrected chi connectivity index (χ3v) is 6.13. The molecule has 4 rings (SSSR count). The number of halogens is 1. The van der Waals surface area contributed by atoms with Crippen molar-refractivity contribution in [2.24, 2.45) is 5.92 Å². The zero-order chi connectivity index (χ0) is 20.2. The molecule has 3 heterocycles. The zero-order valence-corrected chi connectivity index (χ0v) is 16.8. The Hall–Kier alpha value is -2.80. The minimum Gasteiger partial charge on any atom is -0.342 e. The van der Waals surface area contributed by atoms with E-state index in [2.05, 4.69) is 5.10 Å². The minimum atomic E-state index is -0.351. The van der Waals surface area contributed by atoms with Crippen molar-refractivity contribution in [1.29, 1.82) is 0 Å². The summed E-state index contributed by atoms with van der Waals surface area (Å²) in [5.41, 5.74) is 1.06. The van der Waals surface area contributed by atoms with E-state index in [1.807, 2.05) is 17.5 Å². The van der Waals surface area contributed by atoms with Crippen molar-refractivity contribution in [3.05, 3.63) is 75.6 Å². The molecule has 1 fully saturated rings. The summed E-state index contributed by atoms with van der Waals surface area (Å²) in [5, 5.41) is 6.50. The van der Waals surface area contributed by atoms with Crippen LogP contribution in [-0.4, -0.2) is 33.7 Å². The van der Waals surface area contributed by atoms with Gasteiger partial charge in [-0.25, -0.2) is 9.07 Å². The number of carbonyl (C=O) groups excluding carboxylic acids is 1. The summed E-state index contributed by atoms with van der Waals surface area (Å²) < 4.78 is 15.4. The van der Waals surface area contributed by atoms with Crippen molar-refractivity contribution in [2.75, 3.05) is 13.1 Å². The second kappa shape index (κ2) is 8.69. The quantitative estimate of drug-likeness (QED) is 0.645. The van der Waals surface area contributed by atoms with Gasteiger partial charge in [0.05, 0.1) is 11.3 Å².